The summed E-state index contributed by atoms with van der Waals surface area (Å²) in [7, 11) is 0.332. The van der Waals surface area contributed by atoms with Gasteiger partial charge in [0.15, 0.2) is 5.82 Å². The molecule has 1 N–H and O–H groups in total. The van der Waals surface area contributed by atoms with Gasteiger partial charge in [-0.25, -0.2) is 9.50 Å². The minimum absolute atomic E-state index is 0.264. The van der Waals surface area contributed by atoms with E-state index in [1.165, 1.54) is 10.4 Å². The Bertz CT molecular complexity index is 3370. The number of nitrogens with zero attached hydrogens (tertiary/aromatic N) is 3. The lowest BCUT2D eigenvalue weighted by Crippen LogP contribution is -2.67. The number of benzene rings is 8. The van der Waals surface area contributed by atoms with Crippen LogP contribution in [0.3, 0.4) is 0 Å². The molecule has 1 unspecified atom stereocenters. The van der Waals surface area contributed by atoms with Crippen molar-refractivity contribution in [3.8, 4) is 11.5 Å². The third-order valence-electron chi connectivity index (χ3n) is 15.3. The van der Waals surface area contributed by atoms with Crippen LogP contribution in [0.4, 0.5) is 5.82 Å². The van der Waals surface area contributed by atoms with Crippen molar-refractivity contribution in [1.29, 1.82) is 0 Å². The molecule has 77 heavy (non-hydrogen) atoms. The predicted octanol–water partition coefficient (Wildman–Crippen LogP) is 12.9. The Morgan fingerprint density at radius 1 is 0.532 bits per heavy atom. The van der Waals surface area contributed by atoms with E-state index in [4.69, 9.17) is 33.5 Å². The van der Waals surface area contributed by atoms with Crippen molar-refractivity contribution in [2.24, 2.45) is 0 Å². The van der Waals surface area contributed by atoms with Gasteiger partial charge in [0.1, 0.15) is 46.7 Å². The molecule has 0 bridgehead atoms. The molecule has 0 saturated carbocycles. The van der Waals surface area contributed by atoms with E-state index in [2.05, 4.69) is 220 Å². The van der Waals surface area contributed by atoms with E-state index < -0.39 is 37.8 Å². The monoisotopic (exact) mass is 1030 g/mol. The van der Waals surface area contributed by atoms with Gasteiger partial charge in [0.25, 0.3) is 8.32 Å². The number of hydrogen-bond donors (Lipinski definition) is 1. The molecule has 0 radical (unpaired) electrons. The summed E-state index contributed by atoms with van der Waals surface area (Å²) in [5.41, 5.74) is 5.74. The van der Waals surface area contributed by atoms with Gasteiger partial charge in [-0.05, 0) is 85.2 Å². The van der Waals surface area contributed by atoms with E-state index in [9.17, 15) is 0 Å². The Morgan fingerprint density at radius 2 is 0.961 bits per heavy atom. The molecule has 0 spiro atoms. The van der Waals surface area contributed by atoms with Crippen molar-refractivity contribution in [1.82, 2.24) is 14.6 Å². The summed E-state index contributed by atoms with van der Waals surface area (Å²) in [4.78, 5) is 5.01. The smallest absolute Gasteiger partial charge is 0.261 e. The first kappa shape index (κ1) is 51.0. The first-order valence-electron chi connectivity index (χ1n) is 26.4. The zero-order chi connectivity index (χ0) is 52.9. The van der Waals surface area contributed by atoms with E-state index in [0.29, 0.717) is 12.2 Å². The predicted molar refractivity (Wildman–Crippen MR) is 309 cm³/mol. The molecule has 3 atom stereocenters. The molecule has 0 aliphatic carbocycles. The van der Waals surface area contributed by atoms with Crippen LogP contribution < -0.4 is 25.2 Å². The molecular formula is C67H64N4O5Si. The summed E-state index contributed by atoms with van der Waals surface area (Å²) in [6, 6.07) is 84.3. The van der Waals surface area contributed by atoms with Crippen LogP contribution in [0.2, 0.25) is 5.04 Å². The summed E-state index contributed by atoms with van der Waals surface area (Å²) in [6.07, 6.45) is 0.627. The number of methoxy groups -OCH3 is 2. The zero-order valence-corrected chi connectivity index (χ0v) is 45.2. The number of rotatable bonds is 18. The lowest BCUT2D eigenvalue weighted by atomic mass is 9.77. The number of ether oxygens (including phenoxy) is 4. The summed E-state index contributed by atoms with van der Waals surface area (Å²) in [5.74, 6) is 2.18. The quantitative estimate of drug-likeness (QED) is 0.0672. The Balaban J connectivity index is 1.05. The van der Waals surface area contributed by atoms with Gasteiger partial charge >= 0.3 is 0 Å². The molecule has 1 aliphatic rings. The molecule has 3 heterocycles. The summed E-state index contributed by atoms with van der Waals surface area (Å²) >= 11 is 0. The van der Waals surface area contributed by atoms with E-state index in [1.54, 1.807) is 20.5 Å². The van der Waals surface area contributed by atoms with Crippen LogP contribution in [0.15, 0.2) is 249 Å². The second kappa shape index (κ2) is 21.8. The molecule has 10 heteroatoms. The standard InChI is InChI=1S/C67H64N4O5Si/c1-65(2,3)77(57-32-20-10-21-33-57,58-34-22-11-23-35-58)74-47-63-62(76-67(52-28-16-8-17-29-52,53-30-18-9-19-31-53)54-38-42-56(73-5)43-39-54)46-61(75-63)59-44-45-60-64(68-48-69-71(59)60)70-66(49-24-12-6-13-25-49,50-26-14-7-15-27-50)51-36-40-55(72-4)41-37-51/h6-45,48,61-63H,46-47H2,1-5H3,(H,68,69,70)/t61-,62+,63?/m1/s1. The minimum Gasteiger partial charge on any atom is -0.497 e. The lowest BCUT2D eigenvalue weighted by Gasteiger charge is -2.44. The van der Waals surface area contributed by atoms with Crippen LogP contribution in [0.5, 0.6) is 11.5 Å². The SMILES string of the molecule is COc1ccc(C(Nc2ncnn3c([C@H]4C[C@H](OC(c5ccccc5)(c5ccccc5)c5ccc(OC)cc5)C(CO[Si](c5ccccc5)(c5ccccc5)C(C)(C)C)O4)ccc23)(c2ccccc2)c2ccccc2)cc1. The van der Waals surface area contributed by atoms with E-state index in [0.717, 1.165) is 56.1 Å². The fraction of sp³-hybridized carbons (Fsp3) is 0.194. The Hall–Kier alpha value is -8.12. The highest BCUT2D eigenvalue weighted by atomic mass is 28.4. The third-order valence-corrected chi connectivity index (χ3v) is 20.3. The van der Waals surface area contributed by atoms with Gasteiger partial charge in [-0.3, -0.25) is 0 Å². The number of anilines is 1. The van der Waals surface area contributed by atoms with Gasteiger partial charge < -0.3 is 28.7 Å². The van der Waals surface area contributed by atoms with Crippen LogP contribution in [0.1, 0.15) is 72.4 Å². The third kappa shape index (κ3) is 9.52. The summed E-state index contributed by atoms with van der Waals surface area (Å²) in [6.45, 7) is 7.19. The minimum atomic E-state index is -3.05. The molecule has 1 fully saturated rings. The van der Waals surface area contributed by atoms with E-state index in [-0.39, 0.29) is 11.6 Å². The maximum absolute atomic E-state index is 8.01. The van der Waals surface area contributed by atoms with Crippen molar-refractivity contribution >= 4 is 30.0 Å². The van der Waals surface area contributed by atoms with Crippen molar-refractivity contribution in [2.75, 3.05) is 26.1 Å². The Labute approximate surface area is 453 Å². The van der Waals surface area contributed by atoms with Gasteiger partial charge in [-0.2, -0.15) is 5.10 Å². The number of hydrogen-bond acceptors (Lipinski definition) is 8. The fourth-order valence-corrected chi connectivity index (χ4v) is 16.2. The molecule has 9 nitrogen and oxygen atoms in total. The van der Waals surface area contributed by atoms with Crippen LogP contribution in [0, 0.1) is 0 Å². The van der Waals surface area contributed by atoms with Crippen molar-refractivity contribution in [3.05, 3.63) is 288 Å². The molecular weight excluding hydrogens is 969 g/mol. The van der Waals surface area contributed by atoms with E-state index >= 15 is 0 Å². The number of aromatic nitrogens is 3. The molecule has 11 rings (SSSR count). The van der Waals surface area contributed by atoms with Gasteiger partial charge in [-0.1, -0.05) is 227 Å². The van der Waals surface area contributed by atoms with Crippen molar-refractivity contribution in [2.45, 2.75) is 61.7 Å². The van der Waals surface area contributed by atoms with Crippen LogP contribution in [0.25, 0.3) is 5.52 Å². The first-order chi connectivity index (χ1) is 37.7. The molecule has 2 aromatic heterocycles. The summed E-state index contributed by atoms with van der Waals surface area (Å²) in [5, 5.41) is 11.1. The molecule has 1 aliphatic heterocycles. The van der Waals surface area contributed by atoms with Crippen LogP contribution >= 0.6 is 0 Å². The highest BCUT2D eigenvalue weighted by Crippen LogP contribution is 2.48. The molecule has 10 aromatic rings. The average Bonchev–Trinajstić information content (AvgIpc) is 4.13. The van der Waals surface area contributed by atoms with Crippen molar-refractivity contribution < 1.29 is 23.4 Å². The Morgan fingerprint density at radius 3 is 1.43 bits per heavy atom. The lowest BCUT2D eigenvalue weighted by molar-refractivity contribution is -0.0929. The van der Waals surface area contributed by atoms with Gasteiger partial charge in [-0.15, -0.1) is 0 Å². The largest absolute Gasteiger partial charge is 0.497 e. The topological polar surface area (TPSA) is 88.4 Å². The van der Waals surface area contributed by atoms with Gasteiger partial charge in [0.2, 0.25) is 0 Å². The second-order valence-electron chi connectivity index (χ2n) is 20.7. The maximum Gasteiger partial charge on any atom is 0.261 e. The number of fused-ring (bicyclic) bond motifs is 1. The first-order valence-corrected chi connectivity index (χ1v) is 28.3. The maximum atomic E-state index is 8.01. The number of nitrogens with one attached hydrogen (secondary N) is 1. The zero-order valence-electron chi connectivity index (χ0n) is 44.2. The average molecular weight is 1030 g/mol. The van der Waals surface area contributed by atoms with Crippen LogP contribution in [-0.2, 0) is 25.0 Å². The normalized spacial score (nSPS) is 16.0. The fourth-order valence-electron chi connectivity index (χ4n) is 11.7. The molecule has 386 valence electrons. The van der Waals surface area contributed by atoms with Gasteiger partial charge in [0, 0.05) is 6.42 Å². The molecule has 0 amide bonds. The second-order valence-corrected chi connectivity index (χ2v) is 25.0. The highest BCUT2D eigenvalue weighted by Gasteiger charge is 2.53. The summed E-state index contributed by atoms with van der Waals surface area (Å²) < 4.78 is 36.6. The van der Waals surface area contributed by atoms with E-state index in [1.807, 2.05) is 53.0 Å². The Kier molecular flexibility index (Phi) is 14.5. The highest BCUT2D eigenvalue weighted by molar-refractivity contribution is 6.99. The van der Waals surface area contributed by atoms with Crippen molar-refractivity contribution in [3.63, 3.8) is 0 Å². The molecule has 8 aromatic carbocycles. The van der Waals surface area contributed by atoms with Gasteiger partial charge in [0.05, 0.1) is 32.6 Å². The molecule has 1 saturated heterocycles. The van der Waals surface area contributed by atoms with Crippen LogP contribution in [-0.4, -0.2) is 55.9 Å².